The zero-order valence-electron chi connectivity index (χ0n) is 23.4. The number of unbranched alkanes of at least 4 members (excludes halogenated alkanes) is 14. The highest BCUT2D eigenvalue weighted by molar-refractivity contribution is 7.46. The van der Waals surface area contributed by atoms with Crippen molar-refractivity contribution < 1.29 is 37.9 Å². The van der Waals surface area contributed by atoms with Crippen LogP contribution < -0.4 is 0 Å². The number of carbonyl (C=O) groups excluding carboxylic acids is 2. The van der Waals surface area contributed by atoms with Crippen molar-refractivity contribution in [2.24, 2.45) is 0 Å². The smallest absolute Gasteiger partial charge is 0.462 e. The van der Waals surface area contributed by atoms with Crippen molar-refractivity contribution in [2.45, 2.75) is 142 Å². The van der Waals surface area contributed by atoms with Crippen LogP contribution in [0.2, 0.25) is 0 Å². The molecule has 0 radical (unpaired) electrons. The van der Waals surface area contributed by atoms with Gasteiger partial charge in [-0.05, 0) is 38.5 Å². The Morgan fingerprint density at radius 1 is 0.676 bits per heavy atom. The minimum atomic E-state index is -4.72. The lowest BCUT2D eigenvalue weighted by Gasteiger charge is -2.18. The summed E-state index contributed by atoms with van der Waals surface area (Å²) in [5, 5.41) is 0. The molecule has 1 atom stereocenters. The van der Waals surface area contributed by atoms with Gasteiger partial charge in [0.25, 0.3) is 0 Å². The largest absolute Gasteiger partial charge is 0.469 e. The van der Waals surface area contributed by atoms with Gasteiger partial charge in [0.05, 0.1) is 6.61 Å². The van der Waals surface area contributed by atoms with E-state index in [0.29, 0.717) is 12.8 Å². The molecule has 2 N–H and O–H groups in total. The first-order valence-corrected chi connectivity index (χ1v) is 16.0. The summed E-state index contributed by atoms with van der Waals surface area (Å²) in [5.41, 5.74) is 0. The highest BCUT2D eigenvalue weighted by Gasteiger charge is 2.22. The number of phosphoric acid groups is 1. The first-order valence-electron chi connectivity index (χ1n) is 14.5. The molecular weight excluding hydrogens is 495 g/mol. The molecule has 0 saturated heterocycles. The molecule has 0 aliphatic rings. The fraction of sp³-hybridized carbons (Fsp3) is 0.857. The Morgan fingerprint density at radius 2 is 1.19 bits per heavy atom. The fourth-order valence-corrected chi connectivity index (χ4v) is 4.23. The van der Waals surface area contributed by atoms with E-state index in [1.165, 1.54) is 70.6 Å². The summed E-state index contributed by atoms with van der Waals surface area (Å²) in [7, 11) is -4.72. The predicted molar refractivity (Wildman–Crippen MR) is 147 cm³/mol. The number of phosphoric ester groups is 1. The van der Waals surface area contributed by atoms with Crippen molar-refractivity contribution in [1.82, 2.24) is 0 Å². The molecule has 0 saturated carbocycles. The molecule has 218 valence electrons. The van der Waals surface area contributed by atoms with Gasteiger partial charge < -0.3 is 19.3 Å². The first-order chi connectivity index (χ1) is 17.8. The van der Waals surface area contributed by atoms with E-state index < -0.39 is 32.5 Å². The summed E-state index contributed by atoms with van der Waals surface area (Å²) in [6.07, 6.45) is 23.9. The van der Waals surface area contributed by atoms with Crippen molar-refractivity contribution in [2.75, 3.05) is 13.2 Å². The second kappa shape index (κ2) is 25.1. The van der Waals surface area contributed by atoms with Crippen molar-refractivity contribution in [3.05, 3.63) is 12.2 Å². The number of rotatable bonds is 26. The fourth-order valence-electron chi connectivity index (χ4n) is 3.87. The van der Waals surface area contributed by atoms with Crippen LogP contribution in [-0.4, -0.2) is 41.0 Å². The molecule has 8 nitrogen and oxygen atoms in total. The van der Waals surface area contributed by atoms with Crippen LogP contribution in [0, 0.1) is 0 Å². The van der Waals surface area contributed by atoms with E-state index in [4.69, 9.17) is 19.3 Å². The zero-order chi connectivity index (χ0) is 27.6. The third-order valence-electron chi connectivity index (χ3n) is 6.00. The summed E-state index contributed by atoms with van der Waals surface area (Å²) in [6, 6.07) is 0. The molecule has 0 bridgehead atoms. The maximum atomic E-state index is 12.1. The van der Waals surface area contributed by atoms with Gasteiger partial charge in [-0.25, -0.2) is 4.57 Å². The Balaban J connectivity index is 3.76. The molecule has 0 aromatic heterocycles. The quantitative estimate of drug-likeness (QED) is 0.0492. The Hall–Kier alpha value is -1.21. The predicted octanol–water partition coefficient (Wildman–Crippen LogP) is 7.56. The zero-order valence-corrected chi connectivity index (χ0v) is 24.3. The van der Waals surface area contributed by atoms with E-state index in [1.54, 1.807) is 0 Å². The number of carbonyl (C=O) groups is 2. The standard InChI is InChI=1S/C28H53O8P/c1-3-5-6-7-8-9-10-11-12-13-14-15-16-17-18-19-20-21-23-28(30)36-26(25-35-37(31,32)33)24-34-27(29)22-4-2/h12-13,26H,3-11,14-25H2,1-2H3,(H2,31,32,33)/b13-12-. The van der Waals surface area contributed by atoms with Gasteiger partial charge in [-0.2, -0.15) is 0 Å². The van der Waals surface area contributed by atoms with Crippen molar-refractivity contribution in [3.8, 4) is 0 Å². The van der Waals surface area contributed by atoms with Crippen molar-refractivity contribution in [3.63, 3.8) is 0 Å². The van der Waals surface area contributed by atoms with Gasteiger partial charge in [-0.3, -0.25) is 14.1 Å². The molecule has 37 heavy (non-hydrogen) atoms. The SMILES string of the molecule is CCCCCCCCC/C=C\CCCCCCCCCC(=O)OC(COC(=O)CCC)COP(=O)(O)O. The molecule has 9 heteroatoms. The third kappa shape index (κ3) is 27.6. The Kier molecular flexibility index (Phi) is 24.3. The topological polar surface area (TPSA) is 119 Å². The molecule has 0 amide bonds. The molecular formula is C28H53O8P. The Labute approximate surface area is 225 Å². The van der Waals surface area contributed by atoms with Gasteiger partial charge in [0.15, 0.2) is 6.10 Å². The summed E-state index contributed by atoms with van der Waals surface area (Å²) in [6.45, 7) is 3.25. The van der Waals surface area contributed by atoms with E-state index in [9.17, 15) is 14.2 Å². The average Bonchev–Trinajstić information content (AvgIpc) is 2.84. The van der Waals surface area contributed by atoms with E-state index in [0.717, 1.165) is 25.7 Å². The van der Waals surface area contributed by atoms with Crippen LogP contribution >= 0.6 is 7.82 Å². The molecule has 0 fully saturated rings. The Morgan fingerprint density at radius 3 is 1.70 bits per heavy atom. The van der Waals surface area contributed by atoms with Gasteiger partial charge in [-0.1, -0.05) is 96.6 Å². The van der Waals surface area contributed by atoms with Gasteiger partial charge in [0.2, 0.25) is 0 Å². The van der Waals surface area contributed by atoms with Gasteiger partial charge >= 0.3 is 19.8 Å². The van der Waals surface area contributed by atoms with Gasteiger partial charge in [-0.15, -0.1) is 0 Å². The van der Waals surface area contributed by atoms with Crippen LogP contribution in [0.25, 0.3) is 0 Å². The summed E-state index contributed by atoms with van der Waals surface area (Å²) in [4.78, 5) is 41.4. The monoisotopic (exact) mass is 548 g/mol. The van der Waals surface area contributed by atoms with Crippen LogP contribution in [-0.2, 0) is 28.2 Å². The van der Waals surface area contributed by atoms with E-state index in [1.807, 2.05) is 6.92 Å². The number of esters is 2. The van der Waals surface area contributed by atoms with Crippen molar-refractivity contribution >= 4 is 19.8 Å². The van der Waals surface area contributed by atoms with E-state index in [2.05, 4.69) is 23.6 Å². The van der Waals surface area contributed by atoms with Crippen LogP contribution in [0.1, 0.15) is 136 Å². The lowest BCUT2D eigenvalue weighted by Crippen LogP contribution is -2.29. The normalized spacial score (nSPS) is 12.6. The van der Waals surface area contributed by atoms with E-state index in [-0.39, 0.29) is 19.4 Å². The van der Waals surface area contributed by atoms with Crippen molar-refractivity contribution in [1.29, 1.82) is 0 Å². The third-order valence-corrected chi connectivity index (χ3v) is 6.49. The Bertz CT molecular complexity index is 632. The summed E-state index contributed by atoms with van der Waals surface area (Å²) < 4.78 is 25.6. The number of ether oxygens (including phenoxy) is 2. The summed E-state index contributed by atoms with van der Waals surface area (Å²) >= 11 is 0. The molecule has 0 spiro atoms. The van der Waals surface area contributed by atoms with Crippen LogP contribution in [0.3, 0.4) is 0 Å². The molecule has 0 rings (SSSR count). The molecule has 0 aromatic rings. The lowest BCUT2D eigenvalue weighted by molar-refractivity contribution is -0.161. The van der Waals surface area contributed by atoms with Crippen LogP contribution in [0.5, 0.6) is 0 Å². The highest BCUT2D eigenvalue weighted by Crippen LogP contribution is 2.35. The van der Waals surface area contributed by atoms with Gasteiger partial charge in [0, 0.05) is 12.8 Å². The van der Waals surface area contributed by atoms with Crippen LogP contribution in [0.4, 0.5) is 0 Å². The highest BCUT2D eigenvalue weighted by atomic mass is 31.2. The minimum absolute atomic E-state index is 0.207. The maximum Gasteiger partial charge on any atom is 0.469 e. The first kappa shape index (κ1) is 35.8. The molecule has 0 aromatic carbocycles. The molecule has 0 aliphatic heterocycles. The van der Waals surface area contributed by atoms with Gasteiger partial charge in [0.1, 0.15) is 6.61 Å². The lowest BCUT2D eigenvalue weighted by atomic mass is 10.1. The number of hydrogen-bond donors (Lipinski definition) is 2. The maximum absolute atomic E-state index is 12.1. The summed E-state index contributed by atoms with van der Waals surface area (Å²) in [5.74, 6) is -0.951. The molecule has 1 unspecified atom stereocenters. The second-order valence-corrected chi connectivity index (χ2v) is 11.0. The average molecular weight is 549 g/mol. The molecule has 0 heterocycles. The van der Waals surface area contributed by atoms with E-state index >= 15 is 0 Å². The number of hydrogen-bond acceptors (Lipinski definition) is 6. The minimum Gasteiger partial charge on any atom is -0.462 e. The van der Waals surface area contributed by atoms with Crippen LogP contribution in [0.15, 0.2) is 12.2 Å². The number of allylic oxidation sites excluding steroid dienone is 2. The second-order valence-electron chi connectivity index (χ2n) is 9.73. The molecule has 0 aliphatic carbocycles.